The molecular formula is C20H24N2O3S. The van der Waals surface area contributed by atoms with Crippen LogP contribution in [0.3, 0.4) is 0 Å². The number of sulfonamides is 1. The Bertz CT molecular complexity index is 934. The minimum atomic E-state index is -3.33. The summed E-state index contributed by atoms with van der Waals surface area (Å²) in [5.41, 5.74) is 4.03. The highest BCUT2D eigenvalue weighted by molar-refractivity contribution is 7.92. The summed E-state index contributed by atoms with van der Waals surface area (Å²) in [6.07, 6.45) is 1.81. The Kier molecular flexibility index (Phi) is 4.80. The van der Waals surface area contributed by atoms with Crippen LogP contribution >= 0.6 is 0 Å². The van der Waals surface area contributed by atoms with Gasteiger partial charge in [-0.05, 0) is 60.7 Å². The lowest BCUT2D eigenvalue weighted by Gasteiger charge is -2.21. The molecular weight excluding hydrogens is 348 g/mol. The maximum absolute atomic E-state index is 12.5. The van der Waals surface area contributed by atoms with E-state index in [0.29, 0.717) is 23.6 Å². The molecule has 0 bridgehead atoms. The number of carbonyl (C=O) groups is 1. The Hall–Kier alpha value is -2.34. The Morgan fingerprint density at radius 3 is 2.38 bits per heavy atom. The molecule has 1 atom stereocenters. The number of anilines is 2. The van der Waals surface area contributed by atoms with Gasteiger partial charge in [-0.15, -0.1) is 0 Å². The predicted molar refractivity (Wildman–Crippen MR) is 105 cm³/mol. The van der Waals surface area contributed by atoms with Crippen LogP contribution in [-0.2, 0) is 16.4 Å². The molecule has 26 heavy (non-hydrogen) atoms. The lowest BCUT2D eigenvalue weighted by Crippen LogP contribution is -2.34. The third-order valence-electron chi connectivity index (χ3n) is 4.69. The van der Waals surface area contributed by atoms with Gasteiger partial charge in [-0.3, -0.25) is 9.10 Å². The molecule has 0 unspecified atom stereocenters. The monoisotopic (exact) mass is 372 g/mol. The van der Waals surface area contributed by atoms with Crippen molar-refractivity contribution in [2.24, 2.45) is 0 Å². The molecule has 6 heteroatoms. The van der Waals surface area contributed by atoms with Crippen molar-refractivity contribution in [2.75, 3.05) is 15.9 Å². The van der Waals surface area contributed by atoms with Crippen LogP contribution in [0.15, 0.2) is 42.5 Å². The van der Waals surface area contributed by atoms with Crippen molar-refractivity contribution in [2.45, 2.75) is 39.2 Å². The SMILES string of the molecule is CC(C)c1ccc(NC(=O)c2ccc3c(c2)C[C@H](C)N3S(C)(=O)=O)cc1. The van der Waals surface area contributed by atoms with Crippen LogP contribution in [0.2, 0.25) is 0 Å². The molecule has 0 saturated heterocycles. The zero-order chi connectivity index (χ0) is 19.1. The molecule has 0 radical (unpaired) electrons. The molecule has 1 heterocycles. The van der Waals surface area contributed by atoms with E-state index in [1.54, 1.807) is 18.2 Å². The van der Waals surface area contributed by atoms with Crippen LogP contribution in [0.1, 0.15) is 48.2 Å². The van der Waals surface area contributed by atoms with Gasteiger partial charge in [0, 0.05) is 17.3 Å². The van der Waals surface area contributed by atoms with Crippen LogP contribution in [0.25, 0.3) is 0 Å². The molecule has 2 aromatic carbocycles. The van der Waals surface area contributed by atoms with Gasteiger partial charge >= 0.3 is 0 Å². The van der Waals surface area contributed by atoms with Crippen LogP contribution < -0.4 is 9.62 Å². The topological polar surface area (TPSA) is 66.5 Å². The number of nitrogens with one attached hydrogen (secondary N) is 1. The van der Waals surface area contributed by atoms with E-state index in [1.807, 2.05) is 31.2 Å². The number of nitrogens with zero attached hydrogens (tertiary/aromatic N) is 1. The van der Waals surface area contributed by atoms with Crippen LogP contribution in [0.5, 0.6) is 0 Å². The van der Waals surface area contributed by atoms with Gasteiger partial charge < -0.3 is 5.32 Å². The number of amides is 1. The van der Waals surface area contributed by atoms with E-state index < -0.39 is 10.0 Å². The minimum Gasteiger partial charge on any atom is -0.322 e. The van der Waals surface area contributed by atoms with Crippen LogP contribution in [0, 0.1) is 0 Å². The predicted octanol–water partition coefficient (Wildman–Crippen LogP) is 3.77. The first-order valence-corrected chi connectivity index (χ1v) is 10.6. The summed E-state index contributed by atoms with van der Waals surface area (Å²) in [5.74, 6) is 0.242. The summed E-state index contributed by atoms with van der Waals surface area (Å²) < 4.78 is 25.4. The van der Waals surface area contributed by atoms with Crippen molar-refractivity contribution in [3.63, 3.8) is 0 Å². The van der Waals surface area contributed by atoms with Gasteiger partial charge in [-0.2, -0.15) is 0 Å². The van der Waals surface area contributed by atoms with Crippen molar-refractivity contribution in [3.05, 3.63) is 59.2 Å². The number of fused-ring (bicyclic) bond motifs is 1. The molecule has 1 amide bonds. The van der Waals surface area contributed by atoms with Crippen LogP contribution in [-0.4, -0.2) is 26.6 Å². The van der Waals surface area contributed by atoms with Crippen LogP contribution in [0.4, 0.5) is 11.4 Å². The number of carbonyl (C=O) groups excluding carboxylic acids is 1. The van der Waals surface area contributed by atoms with E-state index in [1.165, 1.54) is 16.1 Å². The minimum absolute atomic E-state index is 0.137. The fraction of sp³-hybridized carbons (Fsp3) is 0.350. The van der Waals surface area contributed by atoms with Gasteiger partial charge in [0.2, 0.25) is 10.0 Å². The summed E-state index contributed by atoms with van der Waals surface area (Å²) in [5, 5.41) is 2.90. The quantitative estimate of drug-likeness (QED) is 0.888. The largest absolute Gasteiger partial charge is 0.322 e. The molecule has 138 valence electrons. The zero-order valence-corrected chi connectivity index (χ0v) is 16.3. The van der Waals surface area contributed by atoms with E-state index in [2.05, 4.69) is 19.2 Å². The molecule has 1 N–H and O–H groups in total. The molecule has 0 aliphatic carbocycles. The summed E-state index contributed by atoms with van der Waals surface area (Å²) in [7, 11) is -3.33. The zero-order valence-electron chi connectivity index (χ0n) is 15.5. The third-order valence-corrected chi connectivity index (χ3v) is 5.96. The Morgan fingerprint density at radius 1 is 1.15 bits per heavy atom. The van der Waals surface area contributed by atoms with Crippen molar-refractivity contribution in [1.29, 1.82) is 0 Å². The van der Waals surface area contributed by atoms with E-state index in [0.717, 1.165) is 11.3 Å². The second-order valence-electron chi connectivity index (χ2n) is 7.19. The van der Waals surface area contributed by atoms with Crippen molar-refractivity contribution < 1.29 is 13.2 Å². The number of hydrogen-bond acceptors (Lipinski definition) is 3. The normalized spacial score (nSPS) is 16.7. The number of rotatable bonds is 4. The van der Waals surface area contributed by atoms with Gasteiger partial charge in [0.05, 0.1) is 11.9 Å². The highest BCUT2D eigenvalue weighted by Crippen LogP contribution is 2.34. The van der Waals surface area contributed by atoms with Crippen molar-refractivity contribution in [3.8, 4) is 0 Å². The maximum atomic E-state index is 12.5. The molecule has 2 aromatic rings. The lowest BCUT2D eigenvalue weighted by atomic mass is 10.0. The molecule has 0 aromatic heterocycles. The Morgan fingerprint density at radius 2 is 1.81 bits per heavy atom. The first-order valence-electron chi connectivity index (χ1n) is 8.70. The number of benzene rings is 2. The lowest BCUT2D eigenvalue weighted by molar-refractivity contribution is 0.102. The molecule has 5 nitrogen and oxygen atoms in total. The van der Waals surface area contributed by atoms with Gasteiger partial charge in [-0.1, -0.05) is 26.0 Å². The van der Waals surface area contributed by atoms with Gasteiger partial charge in [0.1, 0.15) is 0 Å². The first-order chi connectivity index (χ1) is 12.2. The van der Waals surface area contributed by atoms with E-state index >= 15 is 0 Å². The second kappa shape index (κ2) is 6.76. The maximum Gasteiger partial charge on any atom is 0.255 e. The second-order valence-corrected chi connectivity index (χ2v) is 9.05. The highest BCUT2D eigenvalue weighted by atomic mass is 32.2. The summed E-state index contributed by atoms with van der Waals surface area (Å²) in [6, 6.07) is 12.9. The molecule has 0 fully saturated rings. The molecule has 0 saturated carbocycles. The van der Waals surface area contributed by atoms with E-state index in [4.69, 9.17) is 0 Å². The summed E-state index contributed by atoms with van der Waals surface area (Å²) in [4.78, 5) is 12.5. The average molecular weight is 372 g/mol. The number of hydrogen-bond donors (Lipinski definition) is 1. The fourth-order valence-corrected chi connectivity index (χ4v) is 4.67. The summed E-state index contributed by atoms with van der Waals surface area (Å²) in [6.45, 7) is 6.12. The highest BCUT2D eigenvalue weighted by Gasteiger charge is 2.32. The van der Waals surface area contributed by atoms with Crippen molar-refractivity contribution >= 4 is 27.3 Å². The van der Waals surface area contributed by atoms with Gasteiger partial charge in [-0.25, -0.2) is 8.42 Å². The van der Waals surface area contributed by atoms with Gasteiger partial charge in [0.25, 0.3) is 5.91 Å². The van der Waals surface area contributed by atoms with Gasteiger partial charge in [0.15, 0.2) is 0 Å². The molecule has 1 aliphatic heterocycles. The smallest absolute Gasteiger partial charge is 0.255 e. The van der Waals surface area contributed by atoms with E-state index in [-0.39, 0.29) is 11.9 Å². The Balaban J connectivity index is 1.81. The van der Waals surface area contributed by atoms with Crippen molar-refractivity contribution in [1.82, 2.24) is 0 Å². The fourth-order valence-electron chi connectivity index (χ4n) is 3.40. The molecule has 1 aliphatic rings. The summed E-state index contributed by atoms with van der Waals surface area (Å²) >= 11 is 0. The van der Waals surface area contributed by atoms with E-state index in [9.17, 15) is 13.2 Å². The average Bonchev–Trinajstić information content (AvgIpc) is 2.90. The molecule has 0 spiro atoms. The Labute approximate surface area is 155 Å². The first kappa shape index (κ1) is 18.5. The third kappa shape index (κ3) is 3.60. The standard InChI is InChI=1S/C20H24N2O3S/c1-13(2)15-5-8-18(9-6-15)21-20(23)16-7-10-19-17(12-16)11-14(3)22(19)26(4,24)25/h5-10,12-14H,11H2,1-4H3,(H,21,23)/t14-/m0/s1. The molecule has 3 rings (SSSR count).